The molecule has 0 saturated heterocycles. The molecule has 2 N–H and O–H groups in total. The Morgan fingerprint density at radius 2 is 1.81 bits per heavy atom. The Balaban J connectivity index is 1.69. The molecule has 0 bridgehead atoms. The van der Waals surface area contributed by atoms with Gasteiger partial charge in [-0.25, -0.2) is 9.97 Å². The number of carbonyl (C=O) groups is 1. The number of halogens is 2. The molecule has 4 aromatic rings. The molecule has 0 saturated carbocycles. The van der Waals surface area contributed by atoms with Crippen LogP contribution in [-0.4, -0.2) is 15.9 Å². The molecule has 5 nitrogen and oxygen atoms in total. The summed E-state index contributed by atoms with van der Waals surface area (Å²) in [5.41, 5.74) is 4.70. The van der Waals surface area contributed by atoms with Crippen molar-refractivity contribution in [2.24, 2.45) is 0 Å². The van der Waals surface area contributed by atoms with Crippen molar-refractivity contribution in [2.45, 2.75) is 6.92 Å². The molecule has 4 rings (SSSR count). The summed E-state index contributed by atoms with van der Waals surface area (Å²) in [5.74, 6) is 0.123. The fourth-order valence-corrected chi connectivity index (χ4v) is 3.87. The van der Waals surface area contributed by atoms with Crippen molar-refractivity contribution in [1.82, 2.24) is 9.97 Å². The molecule has 0 aliphatic carbocycles. The molecule has 31 heavy (non-hydrogen) atoms. The molecule has 3 aromatic carbocycles. The van der Waals surface area contributed by atoms with E-state index in [1.807, 2.05) is 43.3 Å². The molecule has 1 amide bonds. The van der Waals surface area contributed by atoms with Crippen LogP contribution in [0.4, 0.5) is 17.3 Å². The second kappa shape index (κ2) is 8.76. The summed E-state index contributed by atoms with van der Waals surface area (Å²) in [6.45, 7) is 5.43. The van der Waals surface area contributed by atoms with Crippen LogP contribution in [0.2, 0.25) is 10.0 Å². The van der Waals surface area contributed by atoms with Crippen molar-refractivity contribution in [1.29, 1.82) is 0 Å². The van der Waals surface area contributed by atoms with Gasteiger partial charge in [-0.05, 0) is 54.5 Å². The fraction of sp³-hybridized carbons (Fsp3) is 0.0417. The van der Waals surface area contributed by atoms with Crippen LogP contribution in [0.5, 0.6) is 0 Å². The summed E-state index contributed by atoms with van der Waals surface area (Å²) in [6, 6.07) is 16.8. The van der Waals surface area contributed by atoms with Gasteiger partial charge in [0.15, 0.2) is 0 Å². The van der Waals surface area contributed by atoms with Crippen LogP contribution in [0.25, 0.3) is 22.0 Å². The maximum absolute atomic E-state index is 11.8. The molecule has 0 atom stereocenters. The third-order valence-electron chi connectivity index (χ3n) is 4.78. The number of anilines is 3. The van der Waals surface area contributed by atoms with Gasteiger partial charge in [0.1, 0.15) is 0 Å². The van der Waals surface area contributed by atoms with E-state index in [-0.39, 0.29) is 5.91 Å². The average Bonchev–Trinajstić information content (AvgIpc) is 2.76. The second-order valence-electron chi connectivity index (χ2n) is 6.88. The zero-order valence-electron chi connectivity index (χ0n) is 16.6. The summed E-state index contributed by atoms with van der Waals surface area (Å²) >= 11 is 12.7. The number of nitrogens with zero attached hydrogens (tertiary/aromatic N) is 2. The van der Waals surface area contributed by atoms with E-state index in [4.69, 9.17) is 23.2 Å². The molecule has 1 heterocycles. The Morgan fingerprint density at radius 3 is 2.55 bits per heavy atom. The number of benzene rings is 3. The molecule has 7 heteroatoms. The van der Waals surface area contributed by atoms with Gasteiger partial charge in [-0.15, -0.1) is 0 Å². The number of hydrogen-bond acceptors (Lipinski definition) is 4. The number of nitrogens with one attached hydrogen (secondary N) is 2. The lowest BCUT2D eigenvalue weighted by molar-refractivity contribution is -0.111. The summed E-state index contributed by atoms with van der Waals surface area (Å²) in [7, 11) is 0. The first kappa shape index (κ1) is 20.8. The summed E-state index contributed by atoms with van der Waals surface area (Å²) in [5, 5.41) is 8.03. The lowest BCUT2D eigenvalue weighted by Crippen LogP contribution is -2.10. The molecule has 0 spiro atoms. The standard InChI is InChI=1S/C24H18Cl2N4O/c1-3-21(31)28-20-9-4-6-14(2)23(20)30-24-27-13-16-12-15(10-11-19(16)29-24)22-17(25)7-5-8-18(22)26/h3-13H,1H2,2H3,(H,28,31)(H,27,29,30). The fourth-order valence-electron chi connectivity index (χ4n) is 3.26. The Hall–Kier alpha value is -3.41. The van der Waals surface area contributed by atoms with Gasteiger partial charge in [-0.1, -0.05) is 54.0 Å². The Kier molecular flexibility index (Phi) is 5.89. The average molecular weight is 449 g/mol. The highest BCUT2D eigenvalue weighted by atomic mass is 35.5. The van der Waals surface area contributed by atoms with E-state index in [1.54, 1.807) is 24.4 Å². The first-order valence-corrected chi connectivity index (χ1v) is 10.2. The van der Waals surface area contributed by atoms with Gasteiger partial charge in [0, 0.05) is 27.2 Å². The zero-order valence-corrected chi connectivity index (χ0v) is 18.1. The molecular weight excluding hydrogens is 431 g/mol. The Bertz CT molecular complexity index is 1300. The third-order valence-corrected chi connectivity index (χ3v) is 5.41. The van der Waals surface area contributed by atoms with Gasteiger partial charge in [-0.3, -0.25) is 4.79 Å². The van der Waals surface area contributed by atoms with Gasteiger partial charge in [0.05, 0.1) is 16.9 Å². The van der Waals surface area contributed by atoms with E-state index in [1.165, 1.54) is 6.08 Å². The van der Waals surface area contributed by atoms with Crippen molar-refractivity contribution in [3.05, 3.63) is 89.1 Å². The van der Waals surface area contributed by atoms with Crippen LogP contribution in [0.15, 0.2) is 73.4 Å². The van der Waals surface area contributed by atoms with Crippen LogP contribution in [-0.2, 0) is 4.79 Å². The molecule has 154 valence electrons. The van der Waals surface area contributed by atoms with Gasteiger partial charge < -0.3 is 10.6 Å². The lowest BCUT2D eigenvalue weighted by Gasteiger charge is -2.14. The third kappa shape index (κ3) is 4.38. The number of aromatic nitrogens is 2. The van der Waals surface area contributed by atoms with Gasteiger partial charge in [-0.2, -0.15) is 0 Å². The van der Waals surface area contributed by atoms with Crippen molar-refractivity contribution in [3.63, 3.8) is 0 Å². The molecule has 0 fully saturated rings. The van der Waals surface area contributed by atoms with E-state index >= 15 is 0 Å². The highest BCUT2D eigenvalue weighted by molar-refractivity contribution is 6.39. The minimum Gasteiger partial charge on any atom is -0.322 e. The maximum Gasteiger partial charge on any atom is 0.247 e. The molecular formula is C24H18Cl2N4O. The summed E-state index contributed by atoms with van der Waals surface area (Å²) < 4.78 is 0. The molecule has 0 unspecified atom stereocenters. The molecule has 1 aromatic heterocycles. The topological polar surface area (TPSA) is 66.9 Å². The van der Waals surface area contributed by atoms with Crippen molar-refractivity contribution in [2.75, 3.05) is 10.6 Å². The largest absolute Gasteiger partial charge is 0.322 e. The SMILES string of the molecule is C=CC(=O)Nc1cccc(C)c1Nc1ncc2cc(-c3c(Cl)cccc3Cl)ccc2n1. The molecule has 0 radical (unpaired) electrons. The number of hydrogen-bond donors (Lipinski definition) is 2. The van der Waals surface area contributed by atoms with Crippen molar-refractivity contribution < 1.29 is 4.79 Å². The van der Waals surface area contributed by atoms with E-state index in [0.717, 1.165) is 33.3 Å². The number of rotatable bonds is 5. The lowest BCUT2D eigenvalue weighted by atomic mass is 10.0. The maximum atomic E-state index is 11.8. The van der Waals surface area contributed by atoms with Crippen molar-refractivity contribution in [3.8, 4) is 11.1 Å². The zero-order chi connectivity index (χ0) is 22.0. The van der Waals surface area contributed by atoms with Crippen molar-refractivity contribution >= 4 is 57.3 Å². The second-order valence-corrected chi connectivity index (χ2v) is 7.69. The number of aryl methyl sites for hydroxylation is 1. The number of fused-ring (bicyclic) bond motifs is 1. The monoisotopic (exact) mass is 448 g/mol. The molecule has 0 aliphatic rings. The number of amides is 1. The minimum absolute atomic E-state index is 0.293. The Morgan fingerprint density at radius 1 is 1.06 bits per heavy atom. The molecule has 0 aliphatic heterocycles. The van der Waals surface area contributed by atoms with Gasteiger partial charge in [0.2, 0.25) is 11.9 Å². The highest BCUT2D eigenvalue weighted by Gasteiger charge is 2.12. The van der Waals surface area contributed by atoms with Crippen LogP contribution in [0, 0.1) is 6.92 Å². The van der Waals surface area contributed by atoms with E-state index in [9.17, 15) is 4.79 Å². The van der Waals surface area contributed by atoms with E-state index in [0.29, 0.717) is 21.7 Å². The first-order valence-electron chi connectivity index (χ1n) is 9.47. The Labute approximate surface area is 189 Å². The predicted molar refractivity (Wildman–Crippen MR) is 128 cm³/mol. The quantitative estimate of drug-likeness (QED) is 0.330. The predicted octanol–water partition coefficient (Wildman–Crippen LogP) is 6.78. The summed E-state index contributed by atoms with van der Waals surface area (Å²) in [4.78, 5) is 20.8. The number of para-hydroxylation sites is 1. The van der Waals surface area contributed by atoms with Crippen LogP contribution < -0.4 is 10.6 Å². The van der Waals surface area contributed by atoms with Crippen LogP contribution >= 0.6 is 23.2 Å². The van der Waals surface area contributed by atoms with Crippen LogP contribution in [0.3, 0.4) is 0 Å². The van der Waals surface area contributed by atoms with Gasteiger partial charge in [0.25, 0.3) is 0 Å². The first-order chi connectivity index (χ1) is 15.0. The van der Waals surface area contributed by atoms with E-state index in [2.05, 4.69) is 27.2 Å². The van der Waals surface area contributed by atoms with E-state index < -0.39 is 0 Å². The van der Waals surface area contributed by atoms with Crippen LogP contribution in [0.1, 0.15) is 5.56 Å². The smallest absolute Gasteiger partial charge is 0.247 e. The highest BCUT2D eigenvalue weighted by Crippen LogP contribution is 2.36. The normalized spacial score (nSPS) is 10.7. The minimum atomic E-state index is -0.293. The number of carbonyl (C=O) groups excluding carboxylic acids is 1. The van der Waals surface area contributed by atoms with Gasteiger partial charge >= 0.3 is 0 Å². The summed E-state index contributed by atoms with van der Waals surface area (Å²) in [6.07, 6.45) is 2.96.